The zero-order valence-electron chi connectivity index (χ0n) is 12.0. The molecule has 0 bridgehead atoms. The molecule has 0 aromatic rings. The Morgan fingerprint density at radius 3 is 2.55 bits per heavy atom. The van der Waals surface area contributed by atoms with Gasteiger partial charge in [0.15, 0.2) is 0 Å². The molecule has 1 saturated heterocycles. The largest absolute Gasteiger partial charge is 0.377 e. The average molecular weight is 280 g/mol. The molecule has 1 aliphatic heterocycles. The van der Waals surface area contributed by atoms with E-state index in [1.54, 1.807) is 0 Å². The van der Waals surface area contributed by atoms with Crippen molar-refractivity contribution in [1.29, 1.82) is 0 Å². The Bertz CT molecular complexity index is 375. The lowest BCUT2D eigenvalue weighted by molar-refractivity contribution is -0.139. The first-order chi connectivity index (χ1) is 9.75. The third-order valence-electron chi connectivity index (χ3n) is 4.49. The molecule has 0 aromatic carbocycles. The summed E-state index contributed by atoms with van der Waals surface area (Å²) in [5.41, 5.74) is 0. The molecular formula is C15H24N2O3. The second kappa shape index (κ2) is 6.22. The molecule has 3 fully saturated rings. The lowest BCUT2D eigenvalue weighted by Crippen LogP contribution is -2.41. The summed E-state index contributed by atoms with van der Waals surface area (Å²) >= 11 is 0. The van der Waals surface area contributed by atoms with Crippen LogP contribution in [0.3, 0.4) is 0 Å². The third kappa shape index (κ3) is 3.20. The fraction of sp³-hybridized carbons (Fsp3) is 0.867. The van der Waals surface area contributed by atoms with E-state index in [1.807, 2.05) is 0 Å². The van der Waals surface area contributed by atoms with Gasteiger partial charge < -0.3 is 10.1 Å². The fourth-order valence-corrected chi connectivity index (χ4v) is 3.22. The van der Waals surface area contributed by atoms with Crippen molar-refractivity contribution in [3.05, 3.63) is 0 Å². The number of carbonyl (C=O) groups excluding carboxylic acids is 2. The van der Waals surface area contributed by atoms with E-state index in [9.17, 15) is 9.59 Å². The van der Waals surface area contributed by atoms with E-state index in [2.05, 4.69) is 5.32 Å². The number of ether oxygens (including phenoxy) is 1. The van der Waals surface area contributed by atoms with Crippen LogP contribution < -0.4 is 5.32 Å². The minimum absolute atomic E-state index is 0.0109. The predicted octanol–water partition coefficient (Wildman–Crippen LogP) is 1.22. The summed E-state index contributed by atoms with van der Waals surface area (Å²) in [5.74, 6) is -0.0432. The first-order valence-electron chi connectivity index (χ1n) is 7.96. The Balaban J connectivity index is 1.36. The highest BCUT2D eigenvalue weighted by molar-refractivity contribution is 6.06. The van der Waals surface area contributed by atoms with E-state index >= 15 is 0 Å². The van der Waals surface area contributed by atoms with Crippen LogP contribution in [0.2, 0.25) is 0 Å². The third-order valence-corrected chi connectivity index (χ3v) is 4.49. The summed E-state index contributed by atoms with van der Waals surface area (Å²) in [5, 5.41) is 3.18. The van der Waals surface area contributed by atoms with Gasteiger partial charge in [-0.25, -0.2) is 0 Å². The van der Waals surface area contributed by atoms with Gasteiger partial charge in [0.2, 0.25) is 11.8 Å². The molecule has 3 rings (SSSR count). The van der Waals surface area contributed by atoms with Crippen molar-refractivity contribution in [1.82, 2.24) is 10.2 Å². The van der Waals surface area contributed by atoms with Gasteiger partial charge in [-0.1, -0.05) is 19.3 Å². The molecule has 5 nitrogen and oxygen atoms in total. The lowest BCUT2D eigenvalue weighted by Gasteiger charge is -2.22. The number of carbonyl (C=O) groups is 2. The maximum atomic E-state index is 12.1. The zero-order chi connectivity index (χ0) is 13.9. The van der Waals surface area contributed by atoms with E-state index in [-0.39, 0.29) is 23.9 Å². The molecule has 2 saturated carbocycles. The highest BCUT2D eigenvalue weighted by atomic mass is 16.5. The van der Waals surface area contributed by atoms with E-state index in [4.69, 9.17) is 4.74 Å². The molecule has 5 heteroatoms. The predicted molar refractivity (Wildman–Crippen MR) is 74.1 cm³/mol. The first kappa shape index (κ1) is 14.0. The maximum Gasteiger partial charge on any atom is 0.247 e. The first-order valence-corrected chi connectivity index (χ1v) is 7.96. The lowest BCUT2D eigenvalue weighted by atomic mass is 9.98. The minimum atomic E-state index is -0.321. The molecule has 2 aliphatic carbocycles. The standard InChI is InChI=1S/C15H24N2O3/c18-14-10-13(15(19)17(14)11-6-7-11)16-8-9-20-12-4-2-1-3-5-12/h11-13,16H,1-10H2. The van der Waals surface area contributed by atoms with Gasteiger partial charge in [-0.2, -0.15) is 0 Å². The second-order valence-electron chi connectivity index (χ2n) is 6.17. The van der Waals surface area contributed by atoms with Crippen LogP contribution in [0.4, 0.5) is 0 Å². The van der Waals surface area contributed by atoms with E-state index in [0.29, 0.717) is 25.7 Å². The van der Waals surface area contributed by atoms with E-state index in [1.165, 1.54) is 24.2 Å². The average Bonchev–Trinajstić information content (AvgIpc) is 3.24. The number of hydrogen-bond donors (Lipinski definition) is 1. The summed E-state index contributed by atoms with van der Waals surface area (Å²) < 4.78 is 5.82. The fourth-order valence-electron chi connectivity index (χ4n) is 3.22. The molecule has 2 amide bonds. The maximum absolute atomic E-state index is 12.1. The van der Waals surface area contributed by atoms with Crippen molar-refractivity contribution in [3.8, 4) is 0 Å². The zero-order valence-corrected chi connectivity index (χ0v) is 12.0. The normalized spacial score (nSPS) is 28.4. The van der Waals surface area contributed by atoms with E-state index in [0.717, 1.165) is 25.7 Å². The molecule has 1 unspecified atom stereocenters. The number of nitrogens with one attached hydrogen (secondary N) is 1. The van der Waals surface area contributed by atoms with E-state index < -0.39 is 0 Å². The molecule has 1 heterocycles. The van der Waals surface area contributed by atoms with Crippen LogP contribution in [0.1, 0.15) is 51.4 Å². The molecule has 1 N–H and O–H groups in total. The Morgan fingerprint density at radius 1 is 1.10 bits per heavy atom. The Kier molecular flexibility index (Phi) is 4.36. The van der Waals surface area contributed by atoms with Crippen molar-refractivity contribution in [2.45, 2.75) is 69.6 Å². The smallest absolute Gasteiger partial charge is 0.247 e. The Morgan fingerprint density at radius 2 is 1.85 bits per heavy atom. The molecular weight excluding hydrogens is 256 g/mol. The van der Waals surface area contributed by atoms with Gasteiger partial charge in [-0.05, 0) is 25.7 Å². The number of nitrogens with zero attached hydrogens (tertiary/aromatic N) is 1. The van der Waals surface area contributed by atoms with Gasteiger partial charge in [-0.15, -0.1) is 0 Å². The molecule has 0 radical (unpaired) electrons. The number of likely N-dealkylation sites (tertiary alicyclic amines) is 1. The van der Waals surface area contributed by atoms with Crippen LogP contribution in [0.5, 0.6) is 0 Å². The Labute approximate surface area is 120 Å². The Hall–Kier alpha value is -0.940. The summed E-state index contributed by atoms with van der Waals surface area (Å²) in [4.78, 5) is 25.4. The van der Waals surface area contributed by atoms with Gasteiger partial charge in [0.1, 0.15) is 0 Å². The van der Waals surface area contributed by atoms with Gasteiger partial charge in [0.05, 0.1) is 25.2 Å². The molecule has 0 spiro atoms. The molecule has 3 aliphatic rings. The van der Waals surface area contributed by atoms with Crippen LogP contribution in [-0.4, -0.2) is 48.1 Å². The van der Waals surface area contributed by atoms with Crippen molar-refractivity contribution in [2.75, 3.05) is 13.2 Å². The van der Waals surface area contributed by atoms with Gasteiger partial charge in [-0.3, -0.25) is 14.5 Å². The van der Waals surface area contributed by atoms with Crippen LogP contribution in [-0.2, 0) is 14.3 Å². The number of imide groups is 1. The van der Waals surface area contributed by atoms with Gasteiger partial charge in [0, 0.05) is 12.6 Å². The second-order valence-corrected chi connectivity index (χ2v) is 6.17. The monoisotopic (exact) mass is 280 g/mol. The van der Waals surface area contributed by atoms with Crippen LogP contribution >= 0.6 is 0 Å². The molecule has 20 heavy (non-hydrogen) atoms. The van der Waals surface area contributed by atoms with Crippen molar-refractivity contribution in [2.24, 2.45) is 0 Å². The van der Waals surface area contributed by atoms with Gasteiger partial charge in [0.25, 0.3) is 0 Å². The van der Waals surface area contributed by atoms with Crippen molar-refractivity contribution in [3.63, 3.8) is 0 Å². The minimum Gasteiger partial charge on any atom is -0.377 e. The van der Waals surface area contributed by atoms with Gasteiger partial charge >= 0.3 is 0 Å². The SMILES string of the molecule is O=C1CC(NCCOC2CCCCC2)C(=O)N1C1CC1. The summed E-state index contributed by atoms with van der Waals surface area (Å²) in [7, 11) is 0. The summed E-state index contributed by atoms with van der Waals surface area (Å²) in [6.07, 6.45) is 8.87. The van der Waals surface area contributed by atoms with Crippen molar-refractivity contribution >= 4 is 11.8 Å². The highest BCUT2D eigenvalue weighted by Crippen LogP contribution is 2.31. The molecule has 0 aromatic heterocycles. The number of rotatable bonds is 6. The summed E-state index contributed by atoms with van der Waals surface area (Å²) in [6, 6.07) is -0.127. The van der Waals surface area contributed by atoms with Crippen molar-refractivity contribution < 1.29 is 14.3 Å². The quantitative estimate of drug-likeness (QED) is 0.587. The van der Waals surface area contributed by atoms with Crippen LogP contribution in [0, 0.1) is 0 Å². The number of amides is 2. The summed E-state index contributed by atoms with van der Waals surface area (Å²) in [6.45, 7) is 1.28. The molecule has 1 atom stereocenters. The highest BCUT2D eigenvalue weighted by Gasteiger charge is 2.45. The topological polar surface area (TPSA) is 58.6 Å². The number of hydrogen-bond acceptors (Lipinski definition) is 4. The van der Waals surface area contributed by atoms with Crippen LogP contribution in [0.15, 0.2) is 0 Å². The van der Waals surface area contributed by atoms with Crippen LogP contribution in [0.25, 0.3) is 0 Å². The molecule has 112 valence electrons.